The molecule has 0 aromatic heterocycles. The second-order valence-electron chi connectivity index (χ2n) is 10.0. The highest BCUT2D eigenvalue weighted by atomic mass is 35.5. The van der Waals surface area contributed by atoms with Gasteiger partial charge in [0.25, 0.3) is 11.4 Å². The average Bonchev–Trinajstić information content (AvgIpc) is 3.66. The highest BCUT2D eigenvalue weighted by molar-refractivity contribution is 6.61. The van der Waals surface area contributed by atoms with Crippen LogP contribution in [0.1, 0.15) is 56.1 Å². The molecule has 5 rings (SSSR count). The van der Waals surface area contributed by atoms with E-state index >= 15 is 0 Å². The van der Waals surface area contributed by atoms with Gasteiger partial charge in [0.05, 0.1) is 28.6 Å². The van der Waals surface area contributed by atoms with Crippen LogP contribution >= 0.6 is 11.6 Å². The van der Waals surface area contributed by atoms with Gasteiger partial charge in [0, 0.05) is 47.7 Å². The number of amides is 1. The molecule has 2 atom stereocenters. The Morgan fingerprint density at radius 2 is 1.21 bits per heavy atom. The number of halogens is 1. The van der Waals surface area contributed by atoms with Crippen LogP contribution in [0.25, 0.3) is 0 Å². The summed E-state index contributed by atoms with van der Waals surface area (Å²) in [7, 11) is 0. The molecule has 0 saturated carbocycles. The van der Waals surface area contributed by atoms with Gasteiger partial charge in [-0.1, -0.05) is 13.8 Å². The largest absolute Gasteiger partial charge is 0.454 e. The van der Waals surface area contributed by atoms with Crippen LogP contribution in [0.5, 0.6) is 23.0 Å². The first-order valence-electron chi connectivity index (χ1n) is 13.4. The fraction of sp³-hybridized carbons (Fsp3) is 0.481. The number of nitrogens with zero attached hydrogens (tertiary/aromatic N) is 3. The van der Waals surface area contributed by atoms with Gasteiger partial charge in [-0.2, -0.15) is 0 Å². The summed E-state index contributed by atoms with van der Waals surface area (Å²) in [5, 5.41) is 22.3. The summed E-state index contributed by atoms with van der Waals surface area (Å²) in [5.41, 5.74) is -0.249. The normalized spacial score (nSPS) is 15.9. The number of rotatable bonds is 8. The summed E-state index contributed by atoms with van der Waals surface area (Å²) in [6.07, 6.45) is 2.74. The van der Waals surface area contributed by atoms with E-state index in [0.29, 0.717) is 47.2 Å². The first kappa shape index (κ1) is 31.4. The number of hydrogen-bond acceptors (Lipinski definition) is 12. The molecule has 1 amide bonds. The van der Waals surface area contributed by atoms with Crippen molar-refractivity contribution in [1.29, 1.82) is 0 Å². The van der Waals surface area contributed by atoms with E-state index in [0.717, 1.165) is 19.3 Å². The van der Waals surface area contributed by atoms with E-state index < -0.39 is 21.2 Å². The number of hydrogen-bond donors (Lipinski definition) is 0. The Labute approximate surface area is 250 Å². The van der Waals surface area contributed by atoms with E-state index in [9.17, 15) is 29.8 Å². The molecule has 3 aliphatic heterocycles. The number of benzene rings is 2. The van der Waals surface area contributed by atoms with Gasteiger partial charge in [0.15, 0.2) is 23.0 Å². The Morgan fingerprint density at radius 1 is 0.791 bits per heavy atom. The minimum Gasteiger partial charge on any atom is -0.454 e. The lowest BCUT2D eigenvalue weighted by atomic mass is 9.99. The molecule has 0 radical (unpaired) electrons. The number of fused-ring (bicyclic) bond motifs is 2. The molecule has 2 unspecified atom stereocenters. The van der Waals surface area contributed by atoms with Crippen molar-refractivity contribution in [2.45, 2.75) is 44.9 Å². The molecule has 2 aromatic carbocycles. The molecule has 16 heteroatoms. The van der Waals surface area contributed by atoms with Gasteiger partial charge in [0.2, 0.25) is 13.6 Å². The predicted octanol–water partition coefficient (Wildman–Crippen LogP) is 5.85. The van der Waals surface area contributed by atoms with Gasteiger partial charge in [-0.15, -0.1) is 0 Å². The van der Waals surface area contributed by atoms with E-state index in [1.54, 1.807) is 24.8 Å². The monoisotopic (exact) mass is 623 g/mol. The summed E-state index contributed by atoms with van der Waals surface area (Å²) in [4.78, 5) is 45.7. The lowest BCUT2D eigenvalue weighted by Gasteiger charge is -2.26. The molecule has 1 fully saturated rings. The minimum atomic E-state index is -0.949. The molecule has 2 aromatic rings. The quantitative estimate of drug-likeness (QED) is 0.195. The highest BCUT2D eigenvalue weighted by Gasteiger charge is 2.28. The molecule has 3 aliphatic rings. The Balaban J connectivity index is 0.000000203. The van der Waals surface area contributed by atoms with Crippen molar-refractivity contribution < 1.29 is 47.9 Å². The van der Waals surface area contributed by atoms with E-state index in [2.05, 4.69) is 4.74 Å². The molecule has 1 saturated heterocycles. The second-order valence-corrected chi connectivity index (χ2v) is 10.3. The van der Waals surface area contributed by atoms with Crippen LogP contribution in [0.3, 0.4) is 0 Å². The van der Waals surface area contributed by atoms with Gasteiger partial charge in [-0.3, -0.25) is 20.2 Å². The number of nitro benzene ring substituents is 2. The number of carbonyl (C=O) groups excluding carboxylic acids is 2. The van der Waals surface area contributed by atoms with Crippen molar-refractivity contribution in [3.63, 3.8) is 0 Å². The number of likely N-dealkylation sites (tertiary alicyclic amines) is 1. The standard InChI is InChI=1S/C16H20N2O6.C11H10ClNO6/c1-11(9-22-16(19)17-5-3-2-4-6-17)12-7-14-15(24-10-23-14)8-13(12)18(20)21;1-6(4-17-11(12)14)7-2-9-10(19-5-18-9)3-8(7)13(15)16/h7-8,11H,2-6,9-10H2,1H3;2-3,6H,4-5H2,1H3. The van der Waals surface area contributed by atoms with Crippen molar-refractivity contribution in [2.75, 3.05) is 39.9 Å². The Kier molecular flexibility index (Phi) is 10.3. The zero-order valence-electron chi connectivity index (χ0n) is 23.4. The molecule has 0 spiro atoms. The number of carbonyl (C=O) groups is 2. The molecule has 232 valence electrons. The summed E-state index contributed by atoms with van der Waals surface area (Å²) in [6, 6.07) is 5.78. The summed E-state index contributed by atoms with van der Waals surface area (Å²) in [6.45, 7) is 4.99. The third-order valence-corrected chi connectivity index (χ3v) is 7.13. The van der Waals surface area contributed by atoms with Crippen LogP contribution in [0, 0.1) is 20.2 Å². The SMILES string of the molecule is CC(COC(=O)Cl)c1cc2c(cc1[N+](=O)[O-])OCO2.CC(COC(=O)N1CCCCC1)c1cc2c(cc1[N+](=O)[O-])OCO2. The van der Waals surface area contributed by atoms with Crippen LogP contribution in [0.15, 0.2) is 24.3 Å². The molecule has 15 nitrogen and oxygen atoms in total. The average molecular weight is 624 g/mol. The Morgan fingerprint density at radius 3 is 1.63 bits per heavy atom. The third-order valence-electron chi connectivity index (χ3n) is 7.02. The molecule has 43 heavy (non-hydrogen) atoms. The maximum atomic E-state index is 12.1. The number of nitro groups is 2. The predicted molar refractivity (Wildman–Crippen MR) is 149 cm³/mol. The van der Waals surface area contributed by atoms with E-state index in [-0.39, 0.29) is 50.2 Å². The fourth-order valence-corrected chi connectivity index (χ4v) is 4.80. The first-order chi connectivity index (χ1) is 20.5. The summed E-state index contributed by atoms with van der Waals surface area (Å²) >= 11 is 5.07. The Bertz CT molecular complexity index is 1380. The van der Waals surface area contributed by atoms with E-state index in [4.69, 9.17) is 35.3 Å². The molecular formula is C27H30ClN3O12. The van der Waals surface area contributed by atoms with Crippen LogP contribution in [-0.2, 0) is 9.47 Å². The smallest absolute Gasteiger partial charge is 0.409 e. The lowest BCUT2D eigenvalue weighted by molar-refractivity contribution is -0.385. The second kappa shape index (κ2) is 14.1. The van der Waals surface area contributed by atoms with Crippen LogP contribution in [0.4, 0.5) is 21.0 Å². The number of ether oxygens (including phenoxy) is 6. The topological polar surface area (TPSA) is 179 Å². The zero-order chi connectivity index (χ0) is 31.1. The van der Waals surface area contributed by atoms with Gasteiger partial charge in [-0.25, -0.2) is 9.59 Å². The van der Waals surface area contributed by atoms with Gasteiger partial charge >= 0.3 is 11.5 Å². The molecular weight excluding hydrogens is 594 g/mol. The minimum absolute atomic E-state index is 0.0288. The molecule has 0 aliphatic carbocycles. The van der Waals surface area contributed by atoms with Gasteiger partial charge in [-0.05, 0) is 31.4 Å². The lowest BCUT2D eigenvalue weighted by Crippen LogP contribution is -2.36. The van der Waals surface area contributed by atoms with Gasteiger partial charge in [0.1, 0.15) is 6.61 Å². The van der Waals surface area contributed by atoms with Crippen molar-refractivity contribution in [1.82, 2.24) is 4.90 Å². The zero-order valence-corrected chi connectivity index (χ0v) is 24.2. The van der Waals surface area contributed by atoms with Crippen molar-refractivity contribution >= 4 is 34.5 Å². The first-order valence-corrected chi connectivity index (χ1v) is 13.8. The molecule has 0 N–H and O–H groups in total. The van der Waals surface area contributed by atoms with Crippen molar-refractivity contribution in [3.8, 4) is 23.0 Å². The molecule has 0 bridgehead atoms. The Hall–Kier alpha value is -4.53. The maximum absolute atomic E-state index is 12.1. The van der Waals surface area contributed by atoms with E-state index in [1.165, 1.54) is 18.2 Å². The summed E-state index contributed by atoms with van der Waals surface area (Å²) in [5.74, 6) is 0.889. The highest BCUT2D eigenvalue weighted by Crippen LogP contribution is 2.42. The fourth-order valence-electron chi connectivity index (χ4n) is 4.73. The molecule has 3 heterocycles. The maximum Gasteiger partial charge on any atom is 0.409 e. The van der Waals surface area contributed by atoms with Crippen LogP contribution in [-0.4, -0.2) is 66.2 Å². The van der Waals surface area contributed by atoms with Gasteiger partial charge < -0.3 is 33.3 Å². The van der Waals surface area contributed by atoms with E-state index in [1.807, 2.05) is 0 Å². The van der Waals surface area contributed by atoms with Crippen LogP contribution < -0.4 is 18.9 Å². The third kappa shape index (κ3) is 7.85. The van der Waals surface area contributed by atoms with Crippen LogP contribution in [0.2, 0.25) is 0 Å². The van der Waals surface area contributed by atoms with Crippen molar-refractivity contribution in [2.24, 2.45) is 0 Å². The van der Waals surface area contributed by atoms with Crippen molar-refractivity contribution in [3.05, 3.63) is 55.6 Å². The number of piperidine rings is 1. The summed E-state index contributed by atoms with van der Waals surface area (Å²) < 4.78 is 30.7.